The molecule has 0 aromatic carbocycles. The molecule has 0 unspecified atom stereocenters. The quantitative estimate of drug-likeness (QED) is 0.325. The smallest absolute Gasteiger partial charge is 0.151 e. The minimum absolute atomic E-state index is 0. The van der Waals surface area contributed by atoms with Crippen LogP contribution < -0.4 is 6.15 Å². The van der Waals surface area contributed by atoms with Crippen LogP contribution in [0.2, 0.25) is 0 Å². The van der Waals surface area contributed by atoms with Crippen molar-refractivity contribution < 1.29 is 25.2 Å². The second kappa shape index (κ2) is 6.20. The molecule has 0 fully saturated rings. The Hall–Kier alpha value is -0.530. The highest BCUT2D eigenvalue weighted by Crippen LogP contribution is 1.96. The van der Waals surface area contributed by atoms with Gasteiger partial charge in [-0.05, 0) is 0 Å². The number of aldehydes is 1. The van der Waals surface area contributed by atoms with Crippen molar-refractivity contribution in [2.45, 2.75) is 18.3 Å². The first-order valence-corrected chi connectivity index (χ1v) is 2.73. The Morgan fingerprint density at radius 3 is 2.00 bits per heavy atom. The van der Waals surface area contributed by atoms with E-state index >= 15 is 0 Å². The topological polar surface area (TPSA) is 128 Å². The molecule has 0 aromatic rings. The molecule has 0 aromatic heterocycles. The fourth-order valence-electron chi connectivity index (χ4n) is 0.416. The van der Waals surface area contributed by atoms with Gasteiger partial charge in [0.1, 0.15) is 18.3 Å². The van der Waals surface area contributed by atoms with Gasteiger partial charge in [0.15, 0.2) is 6.29 Å². The lowest BCUT2D eigenvalue weighted by molar-refractivity contribution is -0.127. The Morgan fingerprint density at radius 1 is 1.27 bits per heavy atom. The fourth-order valence-corrected chi connectivity index (χ4v) is 0.416. The van der Waals surface area contributed by atoms with Crippen LogP contribution >= 0.6 is 0 Å². The Kier molecular flexibility index (Phi) is 7.37. The summed E-state index contributed by atoms with van der Waals surface area (Å²) in [6.45, 7) is -0.688. The highest BCUT2D eigenvalue weighted by atomic mass is 16.4. The summed E-state index contributed by atoms with van der Waals surface area (Å²) >= 11 is 0. The minimum atomic E-state index is -1.64. The number of hydrogen-bond acceptors (Lipinski definition) is 5. The van der Waals surface area contributed by atoms with Crippen LogP contribution in [0.4, 0.5) is 0 Å². The van der Waals surface area contributed by atoms with Crippen molar-refractivity contribution in [3.8, 4) is 0 Å². The maximum atomic E-state index is 9.76. The van der Waals surface area contributed by atoms with Crippen LogP contribution in [0.25, 0.3) is 0 Å². The van der Waals surface area contributed by atoms with Crippen LogP contribution in [0, 0.1) is 0 Å². The summed E-state index contributed by atoms with van der Waals surface area (Å²) in [6.07, 6.45) is -4.63. The molecule has 6 nitrogen and oxygen atoms in total. The molecule has 3 radical (unpaired) electrons. The van der Waals surface area contributed by atoms with Crippen molar-refractivity contribution in [2.24, 2.45) is 0 Å². The second-order valence-electron chi connectivity index (χ2n) is 1.87. The number of aliphatic hydroxyl groups is 4. The van der Waals surface area contributed by atoms with E-state index in [4.69, 9.17) is 20.4 Å². The number of carbonyl (C=O) groups is 1. The molecule has 4 N–H and O–H groups in total. The molecule has 6 heteroatoms. The van der Waals surface area contributed by atoms with Gasteiger partial charge in [0, 0.05) is 6.15 Å². The minimum Gasteiger partial charge on any atom is -0.394 e. The van der Waals surface area contributed by atoms with Gasteiger partial charge < -0.3 is 25.2 Å². The predicted octanol–water partition coefficient (Wildman–Crippen LogP) is -3.22. The van der Waals surface area contributed by atoms with Gasteiger partial charge >= 0.3 is 0 Å². The molecule has 11 heavy (non-hydrogen) atoms. The monoisotopic (exact) mass is 164 g/mol. The number of aliphatic hydroxyl groups excluding tert-OH is 4. The normalized spacial score (nSPS) is 17.8. The van der Waals surface area contributed by atoms with Crippen molar-refractivity contribution in [2.75, 3.05) is 6.61 Å². The van der Waals surface area contributed by atoms with E-state index in [9.17, 15) is 4.79 Å². The first-order chi connectivity index (χ1) is 4.63. The van der Waals surface area contributed by atoms with Gasteiger partial charge in [-0.2, -0.15) is 0 Å². The largest absolute Gasteiger partial charge is 0.394 e. The van der Waals surface area contributed by atoms with E-state index in [1.807, 2.05) is 0 Å². The third-order valence-corrected chi connectivity index (χ3v) is 1.07. The molecule has 0 aliphatic heterocycles. The molecule has 65 valence electrons. The molecule has 0 saturated heterocycles. The molecule has 3 atom stereocenters. The third-order valence-electron chi connectivity index (χ3n) is 1.07. The van der Waals surface area contributed by atoms with E-state index in [-0.39, 0.29) is 12.4 Å². The zero-order valence-corrected chi connectivity index (χ0v) is 5.66. The Morgan fingerprint density at radius 2 is 1.73 bits per heavy atom. The molecule has 0 aliphatic carbocycles. The predicted molar refractivity (Wildman–Crippen MR) is 33.3 cm³/mol. The summed E-state index contributed by atoms with van der Waals surface area (Å²) in [6, 6.07) is 0. The van der Waals surface area contributed by atoms with Crippen molar-refractivity contribution in [3.63, 3.8) is 0 Å². The van der Waals surface area contributed by atoms with E-state index in [1.54, 1.807) is 0 Å². The standard InChI is InChI=1S/C5H10O5.N/c6-1-3(8)5(10)4(9)2-7;/h1,3-5,7-10H,2H2;/t3-,4+,5-;/m0./s1. The lowest BCUT2D eigenvalue weighted by atomic mass is 10.1. The molecule has 0 rings (SSSR count). The molecular formula is C5H10NO5. The second-order valence-corrected chi connectivity index (χ2v) is 1.87. The number of hydrogen-bond donors (Lipinski definition) is 4. The third kappa shape index (κ3) is 4.02. The average molecular weight is 164 g/mol. The van der Waals surface area contributed by atoms with Crippen molar-refractivity contribution in [1.29, 1.82) is 0 Å². The van der Waals surface area contributed by atoms with Crippen molar-refractivity contribution in [3.05, 3.63) is 0 Å². The van der Waals surface area contributed by atoms with Crippen LogP contribution in [0.3, 0.4) is 0 Å². The Bertz CT molecular complexity index is 109. The van der Waals surface area contributed by atoms with Crippen LogP contribution in [0.5, 0.6) is 0 Å². The zero-order valence-electron chi connectivity index (χ0n) is 5.66. The molecule has 0 spiro atoms. The first kappa shape index (κ1) is 13.1. The maximum absolute atomic E-state index is 9.76. The van der Waals surface area contributed by atoms with E-state index < -0.39 is 24.9 Å². The van der Waals surface area contributed by atoms with Crippen LogP contribution in [0.15, 0.2) is 0 Å². The highest BCUT2D eigenvalue weighted by Gasteiger charge is 2.22. The number of carbonyl (C=O) groups excluding carboxylic acids is 1. The SMILES string of the molecule is O=C[C@H](O)[C@H](O)[C@H](O)CO.[N]. The van der Waals surface area contributed by atoms with Gasteiger partial charge in [-0.3, -0.25) is 0 Å². The molecule has 0 amide bonds. The zero-order chi connectivity index (χ0) is 8.15. The van der Waals surface area contributed by atoms with E-state index in [2.05, 4.69) is 0 Å². The molecule has 0 aliphatic rings. The number of nitrogens with zero attached hydrogens (tertiary/aromatic N) is 1. The molecular weight excluding hydrogens is 154 g/mol. The lowest BCUT2D eigenvalue weighted by Gasteiger charge is -2.16. The van der Waals surface area contributed by atoms with Crippen LogP contribution in [-0.4, -0.2) is 51.6 Å². The maximum Gasteiger partial charge on any atom is 0.151 e. The lowest BCUT2D eigenvalue weighted by Crippen LogP contribution is -2.40. The van der Waals surface area contributed by atoms with Gasteiger partial charge in [0.05, 0.1) is 6.61 Å². The van der Waals surface area contributed by atoms with Gasteiger partial charge in [-0.1, -0.05) is 0 Å². The fraction of sp³-hybridized carbons (Fsp3) is 0.800. The van der Waals surface area contributed by atoms with Gasteiger partial charge in [-0.15, -0.1) is 0 Å². The van der Waals surface area contributed by atoms with E-state index in [1.165, 1.54) is 0 Å². The summed E-state index contributed by atoms with van der Waals surface area (Å²) < 4.78 is 0. The first-order valence-electron chi connectivity index (χ1n) is 2.73. The molecule has 0 bridgehead atoms. The van der Waals surface area contributed by atoms with Gasteiger partial charge in [0.25, 0.3) is 0 Å². The number of rotatable bonds is 4. The van der Waals surface area contributed by atoms with Crippen LogP contribution in [-0.2, 0) is 4.79 Å². The summed E-state index contributed by atoms with van der Waals surface area (Å²) in [5.41, 5.74) is 0. The molecule has 0 saturated carbocycles. The highest BCUT2D eigenvalue weighted by molar-refractivity contribution is 5.56. The summed E-state index contributed by atoms with van der Waals surface area (Å²) in [5, 5.41) is 34.1. The van der Waals surface area contributed by atoms with E-state index in [0.29, 0.717) is 0 Å². The van der Waals surface area contributed by atoms with Gasteiger partial charge in [0.2, 0.25) is 0 Å². The summed E-state index contributed by atoms with van der Waals surface area (Å²) in [5.74, 6) is 0. The average Bonchev–Trinajstić information content (AvgIpc) is 2.00. The molecule has 0 heterocycles. The summed E-state index contributed by atoms with van der Waals surface area (Å²) in [4.78, 5) is 9.76. The van der Waals surface area contributed by atoms with Crippen molar-refractivity contribution >= 4 is 6.29 Å². The van der Waals surface area contributed by atoms with Gasteiger partial charge in [-0.25, -0.2) is 0 Å². The van der Waals surface area contributed by atoms with Crippen molar-refractivity contribution in [1.82, 2.24) is 6.15 Å². The summed E-state index contributed by atoms with van der Waals surface area (Å²) in [7, 11) is 0. The Labute approximate surface area is 63.7 Å². The van der Waals surface area contributed by atoms with Crippen LogP contribution in [0.1, 0.15) is 0 Å². The van der Waals surface area contributed by atoms with E-state index in [0.717, 1.165) is 0 Å². The Balaban J connectivity index is 0.